The molecular weight excluding hydrogens is 230 g/mol. The Morgan fingerprint density at radius 1 is 1.44 bits per heavy atom. The second-order valence-electron chi connectivity index (χ2n) is 3.97. The summed E-state index contributed by atoms with van der Waals surface area (Å²) >= 11 is 0. The molecule has 0 saturated heterocycles. The molecule has 1 N–H and O–H groups in total. The monoisotopic (exact) mass is 245 g/mol. The van der Waals surface area contributed by atoms with E-state index >= 15 is 0 Å². The fourth-order valence-corrected chi connectivity index (χ4v) is 1.69. The Morgan fingerprint density at radius 3 is 2.94 bits per heavy atom. The fourth-order valence-electron chi connectivity index (χ4n) is 1.69. The maximum absolute atomic E-state index is 11.1. The number of rotatable bonds is 4. The van der Waals surface area contributed by atoms with Crippen molar-refractivity contribution in [3.8, 4) is 11.4 Å². The van der Waals surface area contributed by atoms with Crippen LogP contribution in [0.3, 0.4) is 0 Å². The summed E-state index contributed by atoms with van der Waals surface area (Å²) in [5.41, 5.74) is 2.67. The van der Waals surface area contributed by atoms with Crippen LogP contribution in [0.25, 0.3) is 11.4 Å². The maximum atomic E-state index is 11.1. The molecule has 2 heterocycles. The minimum atomic E-state index is -0.249. The Morgan fingerprint density at radius 2 is 2.28 bits per heavy atom. The second kappa shape index (κ2) is 5.44. The standard InChI is InChI=1S/C13H15N3O2/c1-9-8-11(10-4-3-7-14-10)16-12(15-9)5-6-13(17)18-2/h3-4,7-8,14H,5-6H2,1-2H3. The molecular formula is C13H15N3O2. The molecule has 0 saturated carbocycles. The molecule has 0 aliphatic carbocycles. The van der Waals surface area contributed by atoms with Gasteiger partial charge in [-0.1, -0.05) is 0 Å². The van der Waals surface area contributed by atoms with E-state index in [0.29, 0.717) is 18.7 Å². The predicted octanol–water partition coefficient (Wildman–Crippen LogP) is 1.89. The van der Waals surface area contributed by atoms with Crippen LogP contribution in [0.1, 0.15) is 17.9 Å². The average Bonchev–Trinajstić information content (AvgIpc) is 2.89. The number of methoxy groups -OCH3 is 1. The highest BCUT2D eigenvalue weighted by atomic mass is 16.5. The summed E-state index contributed by atoms with van der Waals surface area (Å²) in [6, 6.07) is 5.78. The number of hydrogen-bond donors (Lipinski definition) is 1. The van der Waals surface area contributed by atoms with Crippen molar-refractivity contribution in [1.82, 2.24) is 15.0 Å². The molecule has 0 unspecified atom stereocenters. The van der Waals surface area contributed by atoms with E-state index < -0.39 is 0 Å². The van der Waals surface area contributed by atoms with Crippen molar-refractivity contribution in [2.45, 2.75) is 19.8 Å². The molecule has 5 nitrogen and oxygen atoms in total. The quantitative estimate of drug-likeness (QED) is 0.835. The van der Waals surface area contributed by atoms with Crippen LogP contribution in [0.15, 0.2) is 24.4 Å². The van der Waals surface area contributed by atoms with E-state index in [2.05, 4.69) is 19.7 Å². The van der Waals surface area contributed by atoms with Crippen LogP contribution in [0.4, 0.5) is 0 Å². The van der Waals surface area contributed by atoms with Crippen molar-refractivity contribution in [3.63, 3.8) is 0 Å². The summed E-state index contributed by atoms with van der Waals surface area (Å²) < 4.78 is 4.60. The Bertz CT molecular complexity index is 535. The van der Waals surface area contributed by atoms with Gasteiger partial charge in [-0.15, -0.1) is 0 Å². The number of nitrogens with zero attached hydrogens (tertiary/aromatic N) is 2. The first-order valence-corrected chi connectivity index (χ1v) is 5.74. The van der Waals surface area contributed by atoms with Crippen molar-refractivity contribution in [2.24, 2.45) is 0 Å². The third-order valence-electron chi connectivity index (χ3n) is 2.55. The van der Waals surface area contributed by atoms with E-state index in [1.54, 1.807) is 0 Å². The number of H-pyrrole nitrogens is 1. The van der Waals surface area contributed by atoms with Gasteiger partial charge in [0.05, 0.1) is 24.9 Å². The van der Waals surface area contributed by atoms with E-state index in [1.165, 1.54) is 7.11 Å². The van der Waals surface area contributed by atoms with Gasteiger partial charge in [0, 0.05) is 18.3 Å². The third-order valence-corrected chi connectivity index (χ3v) is 2.55. The number of hydrogen-bond acceptors (Lipinski definition) is 4. The summed E-state index contributed by atoms with van der Waals surface area (Å²) in [6.45, 7) is 1.91. The number of aromatic amines is 1. The van der Waals surface area contributed by atoms with Gasteiger partial charge >= 0.3 is 5.97 Å². The van der Waals surface area contributed by atoms with Crippen LogP contribution in [-0.4, -0.2) is 28.0 Å². The maximum Gasteiger partial charge on any atom is 0.305 e. The van der Waals surface area contributed by atoms with E-state index in [-0.39, 0.29) is 5.97 Å². The number of carbonyl (C=O) groups is 1. The molecule has 0 aromatic carbocycles. The van der Waals surface area contributed by atoms with E-state index in [9.17, 15) is 4.79 Å². The zero-order chi connectivity index (χ0) is 13.0. The first-order valence-electron chi connectivity index (χ1n) is 5.74. The van der Waals surface area contributed by atoms with Crippen LogP contribution in [0.5, 0.6) is 0 Å². The topological polar surface area (TPSA) is 67.9 Å². The van der Waals surface area contributed by atoms with Crippen LogP contribution < -0.4 is 0 Å². The molecule has 0 radical (unpaired) electrons. The summed E-state index contributed by atoms with van der Waals surface area (Å²) in [4.78, 5) is 23.0. The van der Waals surface area contributed by atoms with Gasteiger partial charge in [-0.25, -0.2) is 9.97 Å². The number of esters is 1. The van der Waals surface area contributed by atoms with Gasteiger partial charge in [-0.3, -0.25) is 4.79 Å². The number of ether oxygens (including phenoxy) is 1. The number of carbonyl (C=O) groups excluding carboxylic acids is 1. The van der Waals surface area contributed by atoms with Crippen molar-refractivity contribution in [1.29, 1.82) is 0 Å². The lowest BCUT2D eigenvalue weighted by atomic mass is 10.2. The van der Waals surface area contributed by atoms with Gasteiger partial charge in [0.2, 0.25) is 0 Å². The fraction of sp³-hybridized carbons (Fsp3) is 0.308. The second-order valence-corrected chi connectivity index (χ2v) is 3.97. The van der Waals surface area contributed by atoms with Gasteiger partial charge in [0.1, 0.15) is 5.82 Å². The Hall–Kier alpha value is -2.17. The largest absolute Gasteiger partial charge is 0.469 e. The highest BCUT2D eigenvalue weighted by molar-refractivity contribution is 5.69. The Kier molecular flexibility index (Phi) is 3.72. The molecule has 2 rings (SSSR count). The minimum absolute atomic E-state index is 0.249. The molecule has 0 bridgehead atoms. The smallest absolute Gasteiger partial charge is 0.305 e. The minimum Gasteiger partial charge on any atom is -0.469 e. The number of aromatic nitrogens is 3. The molecule has 2 aromatic rings. The van der Waals surface area contributed by atoms with Gasteiger partial charge in [-0.05, 0) is 25.1 Å². The SMILES string of the molecule is COC(=O)CCc1nc(C)cc(-c2ccc[nH]2)n1. The van der Waals surface area contributed by atoms with E-state index in [0.717, 1.165) is 17.1 Å². The molecule has 18 heavy (non-hydrogen) atoms. The van der Waals surface area contributed by atoms with Crippen LogP contribution in [0.2, 0.25) is 0 Å². The summed E-state index contributed by atoms with van der Waals surface area (Å²) in [7, 11) is 1.38. The molecule has 2 aromatic heterocycles. The summed E-state index contributed by atoms with van der Waals surface area (Å²) in [5.74, 6) is 0.409. The average molecular weight is 245 g/mol. The molecule has 0 aliphatic rings. The Balaban J connectivity index is 2.19. The van der Waals surface area contributed by atoms with E-state index in [4.69, 9.17) is 0 Å². The van der Waals surface area contributed by atoms with E-state index in [1.807, 2.05) is 31.3 Å². The highest BCUT2D eigenvalue weighted by Gasteiger charge is 2.07. The van der Waals surface area contributed by atoms with Crippen LogP contribution in [0, 0.1) is 6.92 Å². The predicted molar refractivity (Wildman–Crippen MR) is 66.9 cm³/mol. The highest BCUT2D eigenvalue weighted by Crippen LogP contribution is 2.15. The van der Waals surface area contributed by atoms with Gasteiger partial charge in [0.25, 0.3) is 0 Å². The number of aryl methyl sites for hydroxylation is 2. The first kappa shape index (κ1) is 12.3. The molecule has 0 atom stereocenters. The third kappa shape index (κ3) is 2.94. The lowest BCUT2D eigenvalue weighted by Gasteiger charge is -2.04. The van der Waals surface area contributed by atoms with Crippen molar-refractivity contribution in [3.05, 3.63) is 35.9 Å². The first-order chi connectivity index (χ1) is 8.69. The van der Waals surface area contributed by atoms with Crippen molar-refractivity contribution >= 4 is 5.97 Å². The molecule has 0 amide bonds. The van der Waals surface area contributed by atoms with Gasteiger partial charge in [-0.2, -0.15) is 0 Å². The number of nitrogens with one attached hydrogen (secondary N) is 1. The van der Waals surface area contributed by atoms with Gasteiger partial charge < -0.3 is 9.72 Å². The Labute approximate surface area is 105 Å². The lowest BCUT2D eigenvalue weighted by Crippen LogP contribution is -2.05. The molecule has 0 aliphatic heterocycles. The summed E-state index contributed by atoms with van der Waals surface area (Å²) in [5, 5.41) is 0. The van der Waals surface area contributed by atoms with Crippen molar-refractivity contribution in [2.75, 3.05) is 7.11 Å². The summed E-state index contributed by atoms with van der Waals surface area (Å²) in [6.07, 6.45) is 2.63. The van der Waals surface area contributed by atoms with Crippen LogP contribution >= 0.6 is 0 Å². The molecule has 0 spiro atoms. The zero-order valence-electron chi connectivity index (χ0n) is 10.4. The molecule has 0 fully saturated rings. The molecule has 94 valence electrons. The van der Waals surface area contributed by atoms with Gasteiger partial charge in [0.15, 0.2) is 0 Å². The van der Waals surface area contributed by atoms with Crippen molar-refractivity contribution < 1.29 is 9.53 Å². The zero-order valence-corrected chi connectivity index (χ0v) is 10.4. The lowest BCUT2D eigenvalue weighted by molar-refractivity contribution is -0.140. The molecule has 5 heteroatoms. The van der Waals surface area contributed by atoms with Crippen LogP contribution in [-0.2, 0) is 16.0 Å². The normalized spacial score (nSPS) is 10.3.